The third kappa shape index (κ3) is 1.38. The second kappa shape index (κ2) is 4.05. The van der Waals surface area contributed by atoms with Crippen LogP contribution in [-0.4, -0.2) is 20.0 Å². The number of methoxy groups -OCH3 is 2. The molecule has 1 aromatic heterocycles. The molecule has 0 saturated heterocycles. The molecule has 5 heteroatoms. The van der Waals surface area contributed by atoms with Crippen molar-refractivity contribution in [3.63, 3.8) is 0 Å². The number of ketones is 1. The van der Waals surface area contributed by atoms with Crippen LogP contribution in [0, 0.1) is 0 Å². The Morgan fingerprint density at radius 2 is 1.95 bits per heavy atom. The van der Waals surface area contributed by atoms with Crippen molar-refractivity contribution >= 4 is 16.8 Å². The van der Waals surface area contributed by atoms with Crippen molar-refractivity contribution in [2.75, 3.05) is 14.2 Å². The van der Waals surface area contributed by atoms with Gasteiger partial charge in [0.1, 0.15) is 11.3 Å². The van der Waals surface area contributed by atoms with Gasteiger partial charge in [0, 0.05) is 0 Å². The van der Waals surface area contributed by atoms with E-state index >= 15 is 0 Å². The van der Waals surface area contributed by atoms with E-state index in [1.54, 1.807) is 19.1 Å². The number of hydrogen-bond donors (Lipinski definition) is 0. The van der Waals surface area contributed by atoms with Crippen molar-refractivity contribution in [1.82, 2.24) is 0 Å². The highest BCUT2D eigenvalue weighted by Crippen LogP contribution is 2.50. The molecule has 0 bridgehead atoms. The predicted octanol–water partition coefficient (Wildman–Crippen LogP) is 2.93. The summed E-state index contributed by atoms with van der Waals surface area (Å²) in [5, 5.41) is 0.687. The monoisotopic (exact) mass is 260 g/mol. The number of allylic oxidation sites excluding steroid dienone is 2. The zero-order chi connectivity index (χ0) is 13.6. The lowest BCUT2D eigenvalue weighted by Crippen LogP contribution is -1.99. The van der Waals surface area contributed by atoms with E-state index in [9.17, 15) is 4.79 Å². The third-order valence-electron chi connectivity index (χ3n) is 3.11. The quantitative estimate of drug-likeness (QED) is 0.777. The van der Waals surface area contributed by atoms with Crippen molar-refractivity contribution in [2.24, 2.45) is 0 Å². The molecule has 0 saturated carbocycles. The predicted molar refractivity (Wildman–Crippen MR) is 68.0 cm³/mol. The van der Waals surface area contributed by atoms with Gasteiger partial charge in [0.25, 0.3) is 0 Å². The maximum absolute atomic E-state index is 12.3. The zero-order valence-corrected chi connectivity index (χ0v) is 10.8. The van der Waals surface area contributed by atoms with Gasteiger partial charge in [-0.3, -0.25) is 4.79 Å². The lowest BCUT2D eigenvalue weighted by molar-refractivity contribution is 0.101. The van der Waals surface area contributed by atoms with Crippen molar-refractivity contribution in [1.29, 1.82) is 0 Å². The average molecular weight is 260 g/mol. The summed E-state index contributed by atoms with van der Waals surface area (Å²) in [5.41, 5.74) is 0.879. The first-order valence-corrected chi connectivity index (χ1v) is 5.76. The Labute approximate surface area is 109 Å². The minimum absolute atomic E-state index is 0.212. The van der Waals surface area contributed by atoms with Gasteiger partial charge in [-0.05, 0) is 19.1 Å². The largest absolute Gasteiger partial charge is 0.495 e. The van der Waals surface area contributed by atoms with Crippen molar-refractivity contribution in [2.45, 2.75) is 6.92 Å². The standard InChI is InChI=1S/C14H12O5/c1-4-8-10(15)9-11(16-2)7-5-6-18-12(7)14(17-3)13(9)19-8/h4-6H,1-3H3/b8-4-. The molecule has 1 aliphatic heterocycles. The van der Waals surface area contributed by atoms with Crippen LogP contribution in [0.15, 0.2) is 28.6 Å². The van der Waals surface area contributed by atoms with E-state index < -0.39 is 0 Å². The molecule has 0 unspecified atom stereocenters. The molecule has 2 heterocycles. The van der Waals surface area contributed by atoms with Crippen molar-refractivity contribution in [3.05, 3.63) is 29.7 Å². The minimum Gasteiger partial charge on any atom is -0.495 e. The normalized spacial score (nSPS) is 15.7. The molecule has 0 amide bonds. The lowest BCUT2D eigenvalue weighted by Gasteiger charge is -2.10. The molecule has 0 fully saturated rings. The topological polar surface area (TPSA) is 57.9 Å². The summed E-state index contributed by atoms with van der Waals surface area (Å²) in [6.45, 7) is 1.74. The fourth-order valence-electron chi connectivity index (χ4n) is 2.29. The number of benzene rings is 1. The first-order valence-electron chi connectivity index (χ1n) is 5.76. The molecule has 1 aromatic carbocycles. The Bertz CT molecular complexity index is 708. The van der Waals surface area contributed by atoms with E-state index in [0.717, 1.165) is 0 Å². The molecule has 0 radical (unpaired) electrons. The number of ether oxygens (including phenoxy) is 3. The smallest absolute Gasteiger partial charge is 0.235 e. The second-order valence-electron chi connectivity index (χ2n) is 4.02. The molecule has 3 rings (SSSR count). The summed E-state index contributed by atoms with van der Waals surface area (Å²) in [6.07, 6.45) is 3.13. The number of carbonyl (C=O) groups is 1. The summed E-state index contributed by atoms with van der Waals surface area (Å²) >= 11 is 0. The van der Waals surface area contributed by atoms with Gasteiger partial charge in [0.15, 0.2) is 17.1 Å². The molecule has 0 atom stereocenters. The van der Waals surface area contributed by atoms with Gasteiger partial charge in [-0.25, -0.2) is 0 Å². The fraction of sp³-hybridized carbons (Fsp3) is 0.214. The van der Waals surface area contributed by atoms with Crippen LogP contribution >= 0.6 is 0 Å². The number of Topliss-reactive ketones (excluding diaryl/α,β-unsaturated/α-hetero) is 1. The summed E-state index contributed by atoms with van der Waals surface area (Å²) in [6, 6.07) is 1.73. The highest BCUT2D eigenvalue weighted by molar-refractivity contribution is 6.18. The van der Waals surface area contributed by atoms with E-state index in [1.807, 2.05) is 0 Å². The van der Waals surface area contributed by atoms with Crippen LogP contribution in [0.1, 0.15) is 17.3 Å². The highest BCUT2D eigenvalue weighted by Gasteiger charge is 2.36. The SMILES string of the molecule is C/C=C1\Oc2c(c(OC)c3ccoc3c2OC)C1=O. The van der Waals surface area contributed by atoms with Gasteiger partial charge < -0.3 is 18.6 Å². The average Bonchev–Trinajstić information content (AvgIpc) is 3.01. The molecule has 1 aliphatic rings. The first-order chi connectivity index (χ1) is 9.22. The van der Waals surface area contributed by atoms with Crippen molar-refractivity contribution < 1.29 is 23.4 Å². The van der Waals surface area contributed by atoms with Gasteiger partial charge in [0.05, 0.1) is 25.9 Å². The van der Waals surface area contributed by atoms with Crippen LogP contribution in [0.5, 0.6) is 17.2 Å². The number of carbonyl (C=O) groups excluding carboxylic acids is 1. The Hall–Kier alpha value is -2.43. The fourth-order valence-corrected chi connectivity index (χ4v) is 2.29. The maximum atomic E-state index is 12.3. The maximum Gasteiger partial charge on any atom is 0.235 e. The first kappa shape index (κ1) is 11.6. The summed E-state index contributed by atoms with van der Waals surface area (Å²) in [5.74, 6) is 1.25. The second-order valence-corrected chi connectivity index (χ2v) is 4.02. The molecular weight excluding hydrogens is 248 g/mol. The Morgan fingerprint density at radius 3 is 2.58 bits per heavy atom. The van der Waals surface area contributed by atoms with Gasteiger partial charge in [0.2, 0.25) is 11.5 Å². The van der Waals surface area contributed by atoms with Crippen LogP contribution in [-0.2, 0) is 0 Å². The summed E-state index contributed by atoms with van der Waals surface area (Å²) in [4.78, 5) is 12.3. The van der Waals surface area contributed by atoms with Gasteiger partial charge in [-0.2, -0.15) is 0 Å². The highest BCUT2D eigenvalue weighted by atomic mass is 16.5. The summed E-state index contributed by atoms with van der Waals surface area (Å²) in [7, 11) is 3.01. The van der Waals surface area contributed by atoms with Gasteiger partial charge in [-0.1, -0.05) is 0 Å². The Balaban J connectivity index is 2.45. The minimum atomic E-state index is -0.212. The molecule has 98 valence electrons. The zero-order valence-electron chi connectivity index (χ0n) is 10.8. The van der Waals surface area contributed by atoms with Crippen LogP contribution in [0.2, 0.25) is 0 Å². The molecule has 19 heavy (non-hydrogen) atoms. The van der Waals surface area contributed by atoms with E-state index in [2.05, 4.69) is 0 Å². The van der Waals surface area contributed by atoms with E-state index in [0.29, 0.717) is 33.8 Å². The Kier molecular flexibility index (Phi) is 2.48. The van der Waals surface area contributed by atoms with Crippen LogP contribution in [0.25, 0.3) is 11.0 Å². The van der Waals surface area contributed by atoms with Gasteiger partial charge >= 0.3 is 0 Å². The third-order valence-corrected chi connectivity index (χ3v) is 3.11. The number of rotatable bonds is 2. The molecule has 2 aromatic rings. The number of fused-ring (bicyclic) bond motifs is 2. The van der Waals surface area contributed by atoms with E-state index in [-0.39, 0.29) is 11.5 Å². The van der Waals surface area contributed by atoms with Gasteiger partial charge in [-0.15, -0.1) is 0 Å². The molecule has 0 aliphatic carbocycles. The van der Waals surface area contributed by atoms with E-state index in [1.165, 1.54) is 20.5 Å². The van der Waals surface area contributed by atoms with E-state index in [4.69, 9.17) is 18.6 Å². The number of furan rings is 1. The van der Waals surface area contributed by atoms with Crippen LogP contribution in [0.4, 0.5) is 0 Å². The van der Waals surface area contributed by atoms with Crippen LogP contribution in [0.3, 0.4) is 0 Å². The van der Waals surface area contributed by atoms with Crippen molar-refractivity contribution in [3.8, 4) is 17.2 Å². The summed E-state index contributed by atoms with van der Waals surface area (Å²) < 4.78 is 21.6. The molecular formula is C14H12O5. The molecule has 0 N–H and O–H groups in total. The Morgan fingerprint density at radius 1 is 1.21 bits per heavy atom. The molecule has 5 nitrogen and oxygen atoms in total. The molecule has 0 spiro atoms. The number of hydrogen-bond acceptors (Lipinski definition) is 5. The van der Waals surface area contributed by atoms with Crippen LogP contribution < -0.4 is 14.2 Å². The lowest BCUT2D eigenvalue weighted by atomic mass is 10.1.